The van der Waals surface area contributed by atoms with Crippen molar-refractivity contribution >= 4 is 11.9 Å². The standard InChI is InChI=1S/C45H82N6O7/c1-3-38-22-16-17-26-43(58-38)33-36-24-28-45(55)40(44(27-19-21-35(2)57-44)49-42(48-43)51(36)45)41(54)56-32-18-14-12-10-8-6-4-5-7-9-11-13-15-23-39(53)50(31-20-29-46)34-37(52)25-30-47/h16,22,35-38,40,42,48-49,52,55H,3-15,17-21,23-34,46-47H2,1-2H3/p+1/t35-,36+,37?,38+,40+,42?,43+,44+,45+/m1/s1. The Kier molecular flexibility index (Phi) is 19.2. The van der Waals surface area contributed by atoms with Crippen molar-refractivity contribution in [1.82, 2.24) is 15.5 Å². The maximum absolute atomic E-state index is 14.1. The first-order chi connectivity index (χ1) is 28.1. The lowest BCUT2D eigenvalue weighted by Gasteiger charge is -2.60. The van der Waals surface area contributed by atoms with Gasteiger partial charge in [-0.2, -0.15) is 0 Å². The number of nitrogens with zero attached hydrogens (tertiary/aromatic N) is 1. The molecule has 2 spiro atoms. The largest absolute Gasteiger partial charge is 0.465 e. The van der Waals surface area contributed by atoms with Gasteiger partial charge in [-0.05, 0) is 84.2 Å². The van der Waals surface area contributed by atoms with Crippen LogP contribution in [0.4, 0.5) is 0 Å². The fraction of sp³-hybridized carbons (Fsp3) is 0.911. The van der Waals surface area contributed by atoms with Crippen molar-refractivity contribution in [2.45, 2.75) is 222 Å². The molecule has 3 unspecified atom stereocenters. The van der Waals surface area contributed by atoms with E-state index in [-0.39, 0.29) is 36.4 Å². The van der Waals surface area contributed by atoms with E-state index in [2.05, 4.69) is 36.6 Å². The Morgan fingerprint density at radius 1 is 0.914 bits per heavy atom. The Morgan fingerprint density at radius 3 is 2.26 bits per heavy atom. The number of aliphatic hydroxyl groups is 2. The number of amides is 1. The third-order valence-corrected chi connectivity index (χ3v) is 13.8. The lowest BCUT2D eigenvalue weighted by atomic mass is 9.77. The molecule has 0 bridgehead atoms. The normalized spacial score (nSPS) is 33.6. The highest BCUT2D eigenvalue weighted by Gasteiger charge is 2.73. The second-order valence-electron chi connectivity index (χ2n) is 18.4. The lowest BCUT2D eigenvalue weighted by molar-refractivity contribution is -1.03. The summed E-state index contributed by atoms with van der Waals surface area (Å²) in [6.07, 6.45) is 27.6. The van der Waals surface area contributed by atoms with Gasteiger partial charge in [-0.25, -0.2) is 10.6 Å². The topological polar surface area (TPSA) is 186 Å². The number of allylic oxidation sites excluding steroid dienone is 1. The molecule has 5 aliphatic rings. The van der Waals surface area contributed by atoms with Crippen LogP contribution >= 0.6 is 0 Å². The molecule has 10 atom stereocenters. The summed E-state index contributed by atoms with van der Waals surface area (Å²) < 4.78 is 19.5. The SMILES string of the molecule is CC[C@H]1C=CCC[C@@]2(C[C@@H]3CC[C@]4(O)[C@@H](C(=O)OCCCCCCCCCCCCCCCC(=O)N(CCCN)CC(O)CCN)[C@@]5(CCC[C@@H](C)O5)NC(N2)[NH+]34)O1. The molecule has 0 aromatic rings. The van der Waals surface area contributed by atoms with Crippen LogP contribution in [0.15, 0.2) is 12.2 Å². The molecule has 0 saturated carbocycles. The molecule has 4 fully saturated rings. The average molecular weight is 820 g/mol. The predicted octanol–water partition coefficient (Wildman–Crippen LogP) is 4.24. The van der Waals surface area contributed by atoms with Gasteiger partial charge in [0.15, 0.2) is 5.92 Å². The van der Waals surface area contributed by atoms with Crippen LogP contribution in [0.1, 0.15) is 174 Å². The van der Waals surface area contributed by atoms with Crippen LogP contribution in [0.2, 0.25) is 0 Å². The number of nitrogens with one attached hydrogen (secondary N) is 3. The summed E-state index contributed by atoms with van der Waals surface area (Å²) in [7, 11) is 0. The Labute approximate surface area is 350 Å². The maximum Gasteiger partial charge on any atom is 0.322 e. The van der Waals surface area contributed by atoms with Crippen LogP contribution < -0.4 is 27.0 Å². The van der Waals surface area contributed by atoms with Crippen molar-refractivity contribution in [3.8, 4) is 0 Å². The van der Waals surface area contributed by atoms with Crippen LogP contribution in [-0.2, 0) is 23.8 Å². The number of quaternary nitrogens is 1. The number of carbonyl (C=O) groups is 2. The second kappa shape index (κ2) is 23.5. The van der Waals surface area contributed by atoms with Crippen molar-refractivity contribution in [1.29, 1.82) is 0 Å². The number of aliphatic hydroxyl groups excluding tert-OH is 1. The third-order valence-electron chi connectivity index (χ3n) is 13.8. The van der Waals surface area contributed by atoms with Crippen molar-refractivity contribution in [2.24, 2.45) is 17.4 Å². The van der Waals surface area contributed by atoms with E-state index in [0.29, 0.717) is 58.5 Å². The molecule has 5 aliphatic heterocycles. The number of hydrogen-bond donors (Lipinski definition) is 7. The van der Waals surface area contributed by atoms with Gasteiger partial charge in [-0.3, -0.25) is 14.5 Å². The number of rotatable bonds is 25. The van der Waals surface area contributed by atoms with Gasteiger partial charge < -0.3 is 40.8 Å². The van der Waals surface area contributed by atoms with Gasteiger partial charge in [0, 0.05) is 38.8 Å². The van der Waals surface area contributed by atoms with Crippen LogP contribution in [0, 0.1) is 5.92 Å². The molecule has 13 nitrogen and oxygen atoms in total. The molecule has 5 heterocycles. The first-order valence-electron chi connectivity index (χ1n) is 23.8. The minimum Gasteiger partial charge on any atom is -0.465 e. The summed E-state index contributed by atoms with van der Waals surface area (Å²) in [5, 5.41) is 30.4. The van der Waals surface area contributed by atoms with E-state index in [1.54, 1.807) is 4.90 Å². The zero-order chi connectivity index (χ0) is 41.4. The Hall–Kier alpha value is -1.68. The lowest BCUT2D eigenvalue weighted by Crippen LogP contribution is -3.32. The fourth-order valence-electron chi connectivity index (χ4n) is 10.8. The summed E-state index contributed by atoms with van der Waals surface area (Å²) >= 11 is 0. The highest BCUT2D eigenvalue weighted by atomic mass is 16.6. The van der Waals surface area contributed by atoms with Gasteiger partial charge in [0.1, 0.15) is 11.4 Å². The van der Waals surface area contributed by atoms with Crippen molar-refractivity contribution in [3.05, 3.63) is 12.2 Å². The second-order valence-corrected chi connectivity index (χ2v) is 18.4. The fourth-order valence-corrected chi connectivity index (χ4v) is 10.8. The van der Waals surface area contributed by atoms with Gasteiger partial charge in [0.05, 0.1) is 31.0 Å². The van der Waals surface area contributed by atoms with Crippen molar-refractivity contribution < 1.29 is 38.9 Å². The number of hydrogen-bond acceptors (Lipinski definition) is 11. The molecule has 0 aromatic carbocycles. The third kappa shape index (κ3) is 12.7. The van der Waals surface area contributed by atoms with Gasteiger partial charge in [0.25, 0.3) is 0 Å². The summed E-state index contributed by atoms with van der Waals surface area (Å²) in [5.74, 6) is -1.01. The van der Waals surface area contributed by atoms with E-state index in [1.807, 2.05) is 0 Å². The van der Waals surface area contributed by atoms with Gasteiger partial charge >= 0.3 is 5.97 Å². The van der Waals surface area contributed by atoms with Crippen LogP contribution in [-0.4, -0.2) is 108 Å². The summed E-state index contributed by atoms with van der Waals surface area (Å²) in [6.45, 7) is 6.50. The molecular weight excluding hydrogens is 737 g/mol. The molecule has 1 amide bonds. The van der Waals surface area contributed by atoms with Gasteiger partial charge in [-0.15, -0.1) is 0 Å². The number of unbranched alkanes of at least 4 members (excludes halogenated alkanes) is 12. The zero-order valence-corrected chi connectivity index (χ0v) is 36.4. The van der Waals surface area contributed by atoms with E-state index < -0.39 is 29.2 Å². The van der Waals surface area contributed by atoms with E-state index >= 15 is 0 Å². The number of carbonyl (C=O) groups excluding carboxylic acids is 2. The molecule has 0 radical (unpaired) electrons. The van der Waals surface area contributed by atoms with Crippen LogP contribution in [0.3, 0.4) is 0 Å². The Morgan fingerprint density at radius 2 is 1.60 bits per heavy atom. The molecule has 0 aliphatic carbocycles. The summed E-state index contributed by atoms with van der Waals surface area (Å²) in [6, 6.07) is 0.167. The molecule has 5 rings (SSSR count). The van der Waals surface area contributed by atoms with Gasteiger partial charge in [-0.1, -0.05) is 89.7 Å². The first-order valence-corrected chi connectivity index (χ1v) is 23.8. The van der Waals surface area contributed by atoms with Crippen molar-refractivity contribution in [3.63, 3.8) is 0 Å². The number of nitrogens with two attached hydrogens (primary N) is 2. The monoisotopic (exact) mass is 820 g/mol. The van der Waals surface area contributed by atoms with Crippen LogP contribution in [0.25, 0.3) is 0 Å². The Balaban J connectivity index is 0.953. The highest BCUT2D eigenvalue weighted by Crippen LogP contribution is 2.45. The first kappa shape index (κ1) is 47.4. The van der Waals surface area contributed by atoms with E-state index in [0.717, 1.165) is 94.8 Å². The number of esters is 1. The van der Waals surface area contributed by atoms with E-state index in [4.69, 9.17) is 25.7 Å². The average Bonchev–Trinajstić information content (AvgIpc) is 3.40. The minimum atomic E-state index is -1.28. The molecule has 13 heteroatoms. The van der Waals surface area contributed by atoms with Crippen LogP contribution in [0.5, 0.6) is 0 Å². The molecular formula is C45H83N6O7+. The minimum absolute atomic E-state index is 0.0221. The quantitative estimate of drug-likeness (QED) is 0.0397. The van der Waals surface area contributed by atoms with E-state index in [9.17, 15) is 19.8 Å². The molecule has 58 heavy (non-hydrogen) atoms. The molecule has 4 saturated heterocycles. The van der Waals surface area contributed by atoms with Gasteiger partial charge in [0.2, 0.25) is 17.9 Å². The highest BCUT2D eigenvalue weighted by molar-refractivity contribution is 5.76. The Bertz CT molecular complexity index is 1280. The molecule has 9 N–H and O–H groups in total. The maximum atomic E-state index is 14.1. The number of ether oxygens (including phenoxy) is 3. The summed E-state index contributed by atoms with van der Waals surface area (Å²) in [4.78, 5) is 29.6. The smallest absolute Gasteiger partial charge is 0.322 e. The summed E-state index contributed by atoms with van der Waals surface area (Å²) in [5.41, 5.74) is 8.46. The predicted molar refractivity (Wildman–Crippen MR) is 226 cm³/mol. The van der Waals surface area contributed by atoms with E-state index in [1.165, 1.54) is 44.9 Å². The zero-order valence-electron chi connectivity index (χ0n) is 36.4. The van der Waals surface area contributed by atoms with Crippen molar-refractivity contribution in [2.75, 3.05) is 32.8 Å². The molecule has 334 valence electrons. The molecule has 0 aromatic heterocycles.